The zero-order valence-electron chi connectivity index (χ0n) is 15.6. The highest BCUT2D eigenvalue weighted by molar-refractivity contribution is 7.98. The minimum Gasteiger partial charge on any atom is -0.416 e. The van der Waals surface area contributed by atoms with Crippen LogP contribution in [0.3, 0.4) is 0 Å². The van der Waals surface area contributed by atoms with Crippen LogP contribution in [0, 0.1) is 6.92 Å². The Kier molecular flexibility index (Phi) is 5.17. The topological polar surface area (TPSA) is 122 Å². The fourth-order valence-electron chi connectivity index (χ4n) is 2.95. The molecule has 3 aromatic heterocycles. The van der Waals surface area contributed by atoms with E-state index in [1.54, 1.807) is 6.92 Å². The molecule has 0 unspecified atom stereocenters. The van der Waals surface area contributed by atoms with Gasteiger partial charge in [0.2, 0.25) is 5.89 Å². The van der Waals surface area contributed by atoms with E-state index in [4.69, 9.17) is 4.42 Å². The van der Waals surface area contributed by atoms with Crippen LogP contribution >= 0.6 is 11.8 Å². The van der Waals surface area contributed by atoms with Gasteiger partial charge in [0, 0.05) is 17.8 Å². The van der Waals surface area contributed by atoms with Crippen molar-refractivity contribution in [2.75, 3.05) is 0 Å². The van der Waals surface area contributed by atoms with Crippen LogP contribution in [0.4, 0.5) is 0 Å². The van der Waals surface area contributed by atoms with E-state index >= 15 is 0 Å². The van der Waals surface area contributed by atoms with Gasteiger partial charge in [0.25, 0.3) is 10.8 Å². The number of aromatic amines is 2. The maximum absolute atomic E-state index is 12.6. The Bertz CT molecular complexity index is 1270. The monoisotopic (exact) mass is 410 g/mol. The number of aryl methyl sites for hydroxylation is 1. The second-order valence-corrected chi connectivity index (χ2v) is 7.29. The average Bonchev–Trinajstić information content (AvgIpc) is 3.33. The van der Waals surface area contributed by atoms with Crippen molar-refractivity contribution in [2.24, 2.45) is 0 Å². The van der Waals surface area contributed by atoms with Gasteiger partial charge in [-0.15, -0.1) is 16.8 Å². The van der Waals surface area contributed by atoms with Crippen LogP contribution in [0.15, 0.2) is 56.1 Å². The van der Waals surface area contributed by atoms with Gasteiger partial charge in [-0.1, -0.05) is 30.0 Å². The lowest BCUT2D eigenvalue weighted by molar-refractivity contribution is 0.419. The van der Waals surface area contributed by atoms with E-state index in [9.17, 15) is 9.59 Å². The van der Waals surface area contributed by atoms with Crippen molar-refractivity contribution in [1.29, 1.82) is 0 Å². The first-order valence-corrected chi connectivity index (χ1v) is 9.86. The molecule has 0 bridgehead atoms. The molecule has 0 amide bonds. The summed E-state index contributed by atoms with van der Waals surface area (Å²) in [5, 5.41) is 8.43. The van der Waals surface area contributed by atoms with E-state index in [0.29, 0.717) is 28.1 Å². The second kappa shape index (κ2) is 7.92. The fraction of sp³-hybridized carbons (Fsp3) is 0.211. The van der Waals surface area contributed by atoms with Crippen LogP contribution in [0.2, 0.25) is 0 Å². The molecule has 10 heteroatoms. The first-order chi connectivity index (χ1) is 14.0. The minimum atomic E-state index is -0.469. The van der Waals surface area contributed by atoms with Crippen LogP contribution in [0.1, 0.15) is 23.0 Å². The number of benzene rings is 1. The zero-order chi connectivity index (χ0) is 20.4. The van der Waals surface area contributed by atoms with Crippen molar-refractivity contribution in [2.45, 2.75) is 30.9 Å². The number of allylic oxidation sites excluding steroid dienone is 1. The normalized spacial score (nSPS) is 11.2. The highest BCUT2D eigenvalue weighted by atomic mass is 32.2. The van der Waals surface area contributed by atoms with Crippen LogP contribution in [0.25, 0.3) is 11.0 Å². The molecular weight excluding hydrogens is 392 g/mol. The van der Waals surface area contributed by atoms with Gasteiger partial charge in [-0.3, -0.25) is 9.36 Å². The average molecular weight is 410 g/mol. The predicted molar refractivity (Wildman–Crippen MR) is 109 cm³/mol. The number of hydrogen-bond acceptors (Lipinski definition) is 7. The van der Waals surface area contributed by atoms with Crippen molar-refractivity contribution in [1.82, 2.24) is 29.7 Å². The second-order valence-electron chi connectivity index (χ2n) is 6.37. The summed E-state index contributed by atoms with van der Waals surface area (Å²) in [6, 6.07) is 7.79. The predicted octanol–water partition coefficient (Wildman–Crippen LogP) is 2.17. The molecule has 3 heterocycles. The van der Waals surface area contributed by atoms with E-state index in [2.05, 4.69) is 31.7 Å². The number of fused-ring (bicyclic) bond motifs is 1. The molecule has 0 radical (unpaired) electrons. The highest BCUT2D eigenvalue weighted by Crippen LogP contribution is 2.22. The van der Waals surface area contributed by atoms with E-state index in [-0.39, 0.29) is 18.5 Å². The lowest BCUT2D eigenvalue weighted by Crippen LogP contribution is -2.37. The summed E-state index contributed by atoms with van der Waals surface area (Å²) in [6.45, 7) is 5.37. The first kappa shape index (κ1) is 18.9. The number of aromatic nitrogens is 6. The molecular formula is C19H18N6O3S. The number of nitrogens with zero attached hydrogens (tertiary/aromatic N) is 4. The third-order valence-corrected chi connectivity index (χ3v) is 5.18. The first-order valence-electron chi connectivity index (χ1n) is 8.87. The van der Waals surface area contributed by atoms with Gasteiger partial charge in [0.05, 0.1) is 23.2 Å². The number of nitrogens with one attached hydrogen (secondary N) is 2. The Morgan fingerprint density at radius 1 is 1.24 bits per heavy atom. The molecule has 0 saturated heterocycles. The number of H-pyrrole nitrogens is 2. The molecule has 4 rings (SSSR count). The van der Waals surface area contributed by atoms with E-state index < -0.39 is 5.69 Å². The molecule has 2 N–H and O–H groups in total. The summed E-state index contributed by atoms with van der Waals surface area (Å²) >= 11 is 1.35. The fourth-order valence-corrected chi connectivity index (χ4v) is 3.60. The molecule has 4 aromatic rings. The number of rotatable bonds is 7. The molecule has 0 atom stereocenters. The molecule has 0 saturated carbocycles. The third kappa shape index (κ3) is 3.92. The Balaban J connectivity index is 1.49. The van der Waals surface area contributed by atoms with Gasteiger partial charge in [-0.05, 0) is 19.1 Å². The Morgan fingerprint density at radius 2 is 2.07 bits per heavy atom. The SMILES string of the molecule is C=CCn1c(=O)[nH]c(C)c(Cc2nnc(SCc3nc4ccccc4[nH]3)o2)c1=O. The maximum Gasteiger partial charge on any atom is 0.328 e. The Hall–Kier alpha value is -3.40. The molecule has 0 aliphatic carbocycles. The zero-order valence-corrected chi connectivity index (χ0v) is 16.5. The Morgan fingerprint density at radius 3 is 2.86 bits per heavy atom. The van der Waals surface area contributed by atoms with Gasteiger partial charge in [-0.2, -0.15) is 0 Å². The summed E-state index contributed by atoms with van der Waals surface area (Å²) in [5.74, 6) is 1.65. The van der Waals surface area contributed by atoms with Gasteiger partial charge in [0.1, 0.15) is 5.82 Å². The van der Waals surface area contributed by atoms with Gasteiger partial charge in [0.15, 0.2) is 0 Å². The van der Waals surface area contributed by atoms with Crippen LogP contribution < -0.4 is 11.2 Å². The molecule has 0 spiro atoms. The van der Waals surface area contributed by atoms with E-state index in [1.807, 2.05) is 24.3 Å². The van der Waals surface area contributed by atoms with Crippen molar-refractivity contribution >= 4 is 22.8 Å². The number of para-hydroxylation sites is 2. The molecule has 148 valence electrons. The summed E-state index contributed by atoms with van der Waals surface area (Å²) in [4.78, 5) is 35.0. The van der Waals surface area contributed by atoms with Crippen LogP contribution in [-0.2, 0) is 18.7 Å². The quantitative estimate of drug-likeness (QED) is 0.354. The number of thioether (sulfide) groups is 1. The maximum atomic E-state index is 12.6. The largest absolute Gasteiger partial charge is 0.416 e. The van der Waals surface area contributed by atoms with Crippen molar-refractivity contribution in [3.8, 4) is 0 Å². The molecule has 1 aromatic carbocycles. The van der Waals surface area contributed by atoms with E-state index in [1.165, 1.54) is 17.8 Å². The summed E-state index contributed by atoms with van der Waals surface area (Å²) in [7, 11) is 0. The number of imidazole rings is 1. The lowest BCUT2D eigenvalue weighted by atomic mass is 10.1. The number of hydrogen-bond donors (Lipinski definition) is 2. The van der Waals surface area contributed by atoms with Gasteiger partial charge in [-0.25, -0.2) is 9.78 Å². The molecule has 0 aliphatic heterocycles. The van der Waals surface area contributed by atoms with Crippen LogP contribution in [-0.4, -0.2) is 29.7 Å². The highest BCUT2D eigenvalue weighted by Gasteiger charge is 2.16. The molecule has 9 nitrogen and oxygen atoms in total. The summed E-state index contributed by atoms with van der Waals surface area (Å²) < 4.78 is 6.75. The standard InChI is InChI=1S/C19H18N6O3S/c1-3-8-25-17(26)12(11(2)20-18(25)27)9-16-23-24-19(28-16)29-10-15-21-13-6-4-5-7-14(13)22-15/h3-7H,1,8-10H2,2H3,(H,20,27)(H,21,22). The summed E-state index contributed by atoms with van der Waals surface area (Å²) in [5.41, 5.74) is 1.90. The smallest absolute Gasteiger partial charge is 0.328 e. The van der Waals surface area contributed by atoms with Crippen molar-refractivity contribution < 1.29 is 4.42 Å². The lowest BCUT2D eigenvalue weighted by Gasteiger charge is -2.06. The third-order valence-electron chi connectivity index (χ3n) is 4.35. The summed E-state index contributed by atoms with van der Waals surface area (Å²) in [6.07, 6.45) is 1.63. The Labute approximate surface area is 168 Å². The van der Waals surface area contributed by atoms with Gasteiger partial charge >= 0.3 is 5.69 Å². The van der Waals surface area contributed by atoms with Gasteiger partial charge < -0.3 is 14.4 Å². The van der Waals surface area contributed by atoms with Crippen molar-refractivity contribution in [3.05, 3.63) is 80.7 Å². The molecule has 29 heavy (non-hydrogen) atoms. The van der Waals surface area contributed by atoms with E-state index in [0.717, 1.165) is 21.4 Å². The molecule has 0 fully saturated rings. The minimum absolute atomic E-state index is 0.129. The van der Waals surface area contributed by atoms with Crippen molar-refractivity contribution in [3.63, 3.8) is 0 Å². The molecule has 0 aliphatic rings. The van der Waals surface area contributed by atoms with Crippen LogP contribution in [0.5, 0.6) is 0 Å².